The second-order valence-corrected chi connectivity index (χ2v) is 6.21. The molecule has 0 unspecified atom stereocenters. The van der Waals surface area contributed by atoms with Gasteiger partial charge in [0, 0.05) is 12.6 Å². The number of rotatable bonds is 8. The molecular weight excluding hydrogens is 332 g/mol. The van der Waals surface area contributed by atoms with Gasteiger partial charge in [0.1, 0.15) is 6.61 Å². The Kier molecular flexibility index (Phi) is 9.03. The van der Waals surface area contributed by atoms with Crippen LogP contribution >= 0.6 is 12.4 Å². The highest BCUT2D eigenvalue weighted by Gasteiger charge is 2.16. The number of piperidine rings is 1. The second-order valence-electron chi connectivity index (χ2n) is 6.21. The molecule has 0 bridgehead atoms. The van der Waals surface area contributed by atoms with Gasteiger partial charge in [0.2, 0.25) is 0 Å². The van der Waals surface area contributed by atoms with Crippen molar-refractivity contribution in [2.45, 2.75) is 26.7 Å². The minimum Gasteiger partial charge on any atom is -0.484 e. The summed E-state index contributed by atoms with van der Waals surface area (Å²) in [4.78, 5) is 13.0. The summed E-state index contributed by atoms with van der Waals surface area (Å²) in [7, 11) is 0. The van der Waals surface area contributed by atoms with Gasteiger partial charge in [0.15, 0.2) is 5.75 Å². The van der Waals surface area contributed by atoms with Crippen molar-refractivity contribution in [3.8, 4) is 5.75 Å². The van der Waals surface area contributed by atoms with Crippen LogP contribution < -0.4 is 4.74 Å². The van der Waals surface area contributed by atoms with E-state index < -0.39 is 4.92 Å². The largest absolute Gasteiger partial charge is 0.484 e. The van der Waals surface area contributed by atoms with Gasteiger partial charge in [-0.15, -0.1) is 12.4 Å². The standard InChI is InChI=1S/C17H26N2O4.ClH/c1-14-5-7-18(8-6-14)9-10-22-11-12-23-17-13-15(2)3-4-16(17)19(20)21;/h3-4,13-14H,5-12H2,1-2H3;1H. The number of benzene rings is 1. The van der Waals surface area contributed by atoms with Gasteiger partial charge in [-0.3, -0.25) is 10.1 Å². The van der Waals surface area contributed by atoms with E-state index in [0.717, 1.165) is 31.1 Å². The summed E-state index contributed by atoms with van der Waals surface area (Å²) in [5, 5.41) is 11.0. The predicted octanol–water partition coefficient (Wildman–Crippen LogP) is 3.45. The van der Waals surface area contributed by atoms with E-state index in [-0.39, 0.29) is 18.1 Å². The maximum absolute atomic E-state index is 11.0. The van der Waals surface area contributed by atoms with Crippen molar-refractivity contribution in [2.75, 3.05) is 39.5 Å². The van der Waals surface area contributed by atoms with Gasteiger partial charge < -0.3 is 14.4 Å². The minimum atomic E-state index is -0.424. The van der Waals surface area contributed by atoms with E-state index in [2.05, 4.69) is 11.8 Å². The summed E-state index contributed by atoms with van der Waals surface area (Å²) in [5.74, 6) is 1.15. The van der Waals surface area contributed by atoms with Crippen molar-refractivity contribution in [1.82, 2.24) is 4.90 Å². The molecule has 0 spiro atoms. The molecule has 0 aromatic heterocycles. The van der Waals surface area contributed by atoms with Crippen LogP contribution in [-0.4, -0.2) is 49.3 Å². The van der Waals surface area contributed by atoms with Crippen LogP contribution in [0.1, 0.15) is 25.3 Å². The number of likely N-dealkylation sites (tertiary alicyclic amines) is 1. The Bertz CT molecular complexity index is 519. The van der Waals surface area contributed by atoms with E-state index in [1.165, 1.54) is 18.9 Å². The molecular formula is C17H27ClN2O4. The van der Waals surface area contributed by atoms with Crippen LogP contribution in [0.5, 0.6) is 5.75 Å². The molecule has 2 rings (SSSR count). The summed E-state index contributed by atoms with van der Waals surface area (Å²) in [6.07, 6.45) is 2.53. The number of ether oxygens (including phenoxy) is 2. The lowest BCUT2D eigenvalue weighted by Crippen LogP contribution is -2.35. The summed E-state index contributed by atoms with van der Waals surface area (Å²) >= 11 is 0. The first-order chi connectivity index (χ1) is 11.1. The van der Waals surface area contributed by atoms with E-state index in [1.807, 2.05) is 6.92 Å². The number of hydrogen-bond acceptors (Lipinski definition) is 5. The Hall–Kier alpha value is -1.37. The first kappa shape index (κ1) is 20.7. The fourth-order valence-electron chi connectivity index (χ4n) is 2.68. The lowest BCUT2D eigenvalue weighted by atomic mass is 9.99. The van der Waals surface area contributed by atoms with Gasteiger partial charge in [-0.25, -0.2) is 0 Å². The number of nitro groups is 1. The van der Waals surface area contributed by atoms with Crippen molar-refractivity contribution < 1.29 is 14.4 Å². The highest BCUT2D eigenvalue weighted by molar-refractivity contribution is 5.85. The Labute approximate surface area is 149 Å². The monoisotopic (exact) mass is 358 g/mol. The Morgan fingerprint density at radius 3 is 2.62 bits per heavy atom. The molecule has 24 heavy (non-hydrogen) atoms. The van der Waals surface area contributed by atoms with Crippen LogP contribution in [0.15, 0.2) is 18.2 Å². The van der Waals surface area contributed by atoms with Gasteiger partial charge in [-0.2, -0.15) is 0 Å². The molecule has 1 aliphatic rings. The van der Waals surface area contributed by atoms with Crippen LogP contribution in [0, 0.1) is 23.0 Å². The third kappa shape index (κ3) is 6.63. The SMILES string of the molecule is Cc1ccc([N+](=O)[O-])c(OCCOCCN2CCC(C)CC2)c1.Cl. The maximum Gasteiger partial charge on any atom is 0.310 e. The van der Waals surface area contributed by atoms with E-state index in [1.54, 1.807) is 12.1 Å². The minimum absolute atomic E-state index is 0. The number of aryl methyl sites for hydroxylation is 1. The van der Waals surface area contributed by atoms with Crippen LogP contribution in [0.3, 0.4) is 0 Å². The quantitative estimate of drug-likeness (QED) is 0.404. The molecule has 0 saturated carbocycles. The first-order valence-electron chi connectivity index (χ1n) is 8.24. The van der Waals surface area contributed by atoms with Gasteiger partial charge in [0.25, 0.3) is 0 Å². The molecule has 1 heterocycles. The van der Waals surface area contributed by atoms with Crippen LogP contribution in [0.25, 0.3) is 0 Å². The zero-order valence-corrected chi connectivity index (χ0v) is 15.2. The molecule has 6 nitrogen and oxygen atoms in total. The van der Waals surface area contributed by atoms with Crippen LogP contribution in [0.4, 0.5) is 5.69 Å². The van der Waals surface area contributed by atoms with Crippen molar-refractivity contribution in [1.29, 1.82) is 0 Å². The molecule has 1 saturated heterocycles. The summed E-state index contributed by atoms with van der Waals surface area (Å²) in [6, 6.07) is 4.87. The molecule has 7 heteroatoms. The molecule has 1 aromatic rings. The van der Waals surface area contributed by atoms with E-state index in [9.17, 15) is 10.1 Å². The second kappa shape index (κ2) is 10.5. The molecule has 0 amide bonds. The number of hydrogen-bond donors (Lipinski definition) is 0. The molecule has 1 aromatic carbocycles. The highest BCUT2D eigenvalue weighted by atomic mass is 35.5. The van der Waals surface area contributed by atoms with Gasteiger partial charge in [-0.05, 0) is 50.4 Å². The normalized spacial score (nSPS) is 15.8. The van der Waals surface area contributed by atoms with Crippen LogP contribution in [-0.2, 0) is 4.74 Å². The van der Waals surface area contributed by atoms with Gasteiger partial charge in [-0.1, -0.05) is 13.0 Å². The van der Waals surface area contributed by atoms with Crippen molar-refractivity contribution in [2.24, 2.45) is 5.92 Å². The third-order valence-corrected chi connectivity index (χ3v) is 4.23. The molecule has 1 aliphatic heterocycles. The van der Waals surface area contributed by atoms with E-state index in [4.69, 9.17) is 9.47 Å². The number of halogens is 1. The zero-order valence-electron chi connectivity index (χ0n) is 14.4. The summed E-state index contributed by atoms with van der Waals surface area (Å²) < 4.78 is 11.1. The first-order valence-corrected chi connectivity index (χ1v) is 8.24. The molecule has 0 aliphatic carbocycles. The van der Waals surface area contributed by atoms with Gasteiger partial charge in [0.05, 0.1) is 18.1 Å². The van der Waals surface area contributed by atoms with E-state index in [0.29, 0.717) is 25.6 Å². The summed E-state index contributed by atoms with van der Waals surface area (Å²) in [6.45, 7) is 8.86. The van der Waals surface area contributed by atoms with Crippen molar-refractivity contribution in [3.63, 3.8) is 0 Å². The topological polar surface area (TPSA) is 64.8 Å². The lowest BCUT2D eigenvalue weighted by Gasteiger charge is -2.29. The Balaban J connectivity index is 0.00000288. The molecule has 0 N–H and O–H groups in total. The van der Waals surface area contributed by atoms with Gasteiger partial charge >= 0.3 is 5.69 Å². The fraction of sp³-hybridized carbons (Fsp3) is 0.647. The zero-order chi connectivity index (χ0) is 16.7. The number of nitrogens with zero attached hydrogens (tertiary/aromatic N) is 2. The van der Waals surface area contributed by atoms with Crippen molar-refractivity contribution >= 4 is 18.1 Å². The average molecular weight is 359 g/mol. The third-order valence-electron chi connectivity index (χ3n) is 4.23. The fourth-order valence-corrected chi connectivity index (χ4v) is 2.68. The van der Waals surface area contributed by atoms with Crippen molar-refractivity contribution in [3.05, 3.63) is 33.9 Å². The molecule has 1 fully saturated rings. The molecule has 136 valence electrons. The molecule has 0 radical (unpaired) electrons. The average Bonchev–Trinajstić information content (AvgIpc) is 2.52. The Morgan fingerprint density at radius 2 is 1.96 bits per heavy atom. The van der Waals surface area contributed by atoms with Crippen LogP contribution in [0.2, 0.25) is 0 Å². The Morgan fingerprint density at radius 1 is 1.25 bits per heavy atom. The lowest BCUT2D eigenvalue weighted by molar-refractivity contribution is -0.385. The van der Waals surface area contributed by atoms with E-state index >= 15 is 0 Å². The highest BCUT2D eigenvalue weighted by Crippen LogP contribution is 2.27. The maximum atomic E-state index is 11.0. The smallest absolute Gasteiger partial charge is 0.310 e. The molecule has 0 atom stereocenters. The summed E-state index contributed by atoms with van der Waals surface area (Å²) in [5.41, 5.74) is 0.934. The predicted molar refractivity (Wildman–Crippen MR) is 96.2 cm³/mol. The number of nitro benzene ring substituents is 1.